The Morgan fingerprint density at radius 3 is 2.61 bits per heavy atom. The number of rotatable bonds is 6. The lowest BCUT2D eigenvalue weighted by Gasteiger charge is -2.33. The second-order valence-electron chi connectivity index (χ2n) is 7.68. The minimum absolute atomic E-state index is 0.486. The van der Waals surface area contributed by atoms with Crippen molar-refractivity contribution in [2.75, 3.05) is 26.7 Å². The fourth-order valence-corrected chi connectivity index (χ4v) is 3.62. The second-order valence-corrected chi connectivity index (χ2v) is 7.68. The highest BCUT2D eigenvalue weighted by molar-refractivity contribution is 5.79. The number of likely N-dealkylation sites (tertiary alicyclic amines) is 1. The number of aromatic nitrogens is 1. The van der Waals surface area contributed by atoms with E-state index in [1.165, 1.54) is 16.7 Å². The van der Waals surface area contributed by atoms with Gasteiger partial charge in [-0.1, -0.05) is 30.3 Å². The van der Waals surface area contributed by atoms with Gasteiger partial charge in [0.15, 0.2) is 5.96 Å². The average Bonchev–Trinajstić information content (AvgIpc) is 2.71. The fraction of sp³-hybridized carbons (Fsp3) is 0.478. The Kier molecular flexibility index (Phi) is 7.43. The predicted molar refractivity (Wildman–Crippen MR) is 117 cm³/mol. The highest BCUT2D eigenvalue weighted by Gasteiger charge is 2.20. The molecule has 5 heteroatoms. The van der Waals surface area contributed by atoms with Crippen molar-refractivity contribution < 1.29 is 0 Å². The summed E-state index contributed by atoms with van der Waals surface area (Å²) >= 11 is 0. The first kappa shape index (κ1) is 20.3. The summed E-state index contributed by atoms with van der Waals surface area (Å²) in [5.74, 6) is 0.900. The SMILES string of the molecule is CN=C(NCCc1ccc(C)nc1)NC1CCN(Cc2ccccc2C)CC1. The zero-order chi connectivity index (χ0) is 19.8. The van der Waals surface area contributed by atoms with Crippen LogP contribution in [0.1, 0.15) is 35.2 Å². The molecule has 0 atom stereocenters. The first-order valence-corrected chi connectivity index (χ1v) is 10.3. The third-order valence-corrected chi connectivity index (χ3v) is 5.49. The summed E-state index contributed by atoms with van der Waals surface area (Å²) in [5.41, 5.74) is 5.13. The number of nitrogens with one attached hydrogen (secondary N) is 2. The fourth-order valence-electron chi connectivity index (χ4n) is 3.62. The molecule has 1 fully saturated rings. The number of piperidine rings is 1. The van der Waals surface area contributed by atoms with Crippen molar-refractivity contribution in [3.8, 4) is 0 Å². The van der Waals surface area contributed by atoms with Gasteiger partial charge in [-0.3, -0.25) is 14.9 Å². The number of aryl methyl sites for hydroxylation is 2. The molecule has 1 aromatic carbocycles. The van der Waals surface area contributed by atoms with E-state index >= 15 is 0 Å². The molecule has 0 aliphatic carbocycles. The standard InChI is InChI=1S/C23H33N5/c1-18-6-4-5-7-21(18)17-28-14-11-22(12-15-28)27-23(24-3)25-13-10-20-9-8-19(2)26-16-20/h4-9,16,22H,10-15,17H2,1-3H3,(H2,24,25,27). The van der Waals surface area contributed by atoms with Gasteiger partial charge in [-0.15, -0.1) is 0 Å². The van der Waals surface area contributed by atoms with Crippen LogP contribution in [-0.4, -0.2) is 48.6 Å². The normalized spacial score (nSPS) is 16.2. The number of hydrogen-bond acceptors (Lipinski definition) is 3. The molecule has 0 saturated carbocycles. The maximum absolute atomic E-state index is 4.39. The highest BCUT2D eigenvalue weighted by Crippen LogP contribution is 2.16. The predicted octanol–water partition coefficient (Wildman–Crippen LogP) is 3.07. The summed E-state index contributed by atoms with van der Waals surface area (Å²) < 4.78 is 0. The largest absolute Gasteiger partial charge is 0.356 e. The summed E-state index contributed by atoms with van der Waals surface area (Å²) in [6.45, 7) is 8.37. The lowest BCUT2D eigenvalue weighted by molar-refractivity contribution is 0.198. The van der Waals surface area contributed by atoms with Crippen molar-refractivity contribution in [2.24, 2.45) is 4.99 Å². The van der Waals surface area contributed by atoms with Crippen molar-refractivity contribution in [1.82, 2.24) is 20.5 Å². The average molecular weight is 380 g/mol. The molecule has 1 aliphatic heterocycles. The molecule has 150 valence electrons. The lowest BCUT2D eigenvalue weighted by atomic mass is 10.0. The number of nitrogens with zero attached hydrogens (tertiary/aromatic N) is 3. The van der Waals surface area contributed by atoms with Gasteiger partial charge in [0.2, 0.25) is 0 Å². The van der Waals surface area contributed by atoms with Crippen molar-refractivity contribution in [3.05, 3.63) is 65.0 Å². The molecule has 1 aliphatic rings. The molecule has 2 heterocycles. The van der Waals surface area contributed by atoms with Gasteiger partial charge in [0.25, 0.3) is 0 Å². The van der Waals surface area contributed by atoms with Gasteiger partial charge in [0, 0.05) is 51.2 Å². The van der Waals surface area contributed by atoms with Crippen LogP contribution in [-0.2, 0) is 13.0 Å². The summed E-state index contributed by atoms with van der Waals surface area (Å²) in [6.07, 6.45) is 5.20. The number of hydrogen-bond donors (Lipinski definition) is 2. The molecular weight excluding hydrogens is 346 g/mol. The van der Waals surface area contributed by atoms with Crippen molar-refractivity contribution in [3.63, 3.8) is 0 Å². The first-order chi connectivity index (χ1) is 13.6. The minimum Gasteiger partial charge on any atom is -0.356 e. The van der Waals surface area contributed by atoms with E-state index in [9.17, 15) is 0 Å². The Hall–Kier alpha value is -2.40. The molecule has 1 aromatic heterocycles. The van der Waals surface area contributed by atoms with E-state index < -0.39 is 0 Å². The van der Waals surface area contributed by atoms with Gasteiger partial charge in [-0.2, -0.15) is 0 Å². The Labute approximate surface area is 169 Å². The van der Waals surface area contributed by atoms with E-state index in [0.717, 1.165) is 57.1 Å². The number of pyridine rings is 1. The molecule has 0 bridgehead atoms. The van der Waals surface area contributed by atoms with Crippen molar-refractivity contribution in [2.45, 2.75) is 45.7 Å². The number of guanidine groups is 1. The van der Waals surface area contributed by atoms with Crippen LogP contribution < -0.4 is 10.6 Å². The summed E-state index contributed by atoms with van der Waals surface area (Å²) in [7, 11) is 1.84. The molecule has 3 rings (SSSR count). The smallest absolute Gasteiger partial charge is 0.191 e. The molecule has 0 spiro atoms. The topological polar surface area (TPSA) is 52.6 Å². The van der Waals surface area contributed by atoms with Crippen LogP contribution in [0.5, 0.6) is 0 Å². The zero-order valence-corrected chi connectivity index (χ0v) is 17.4. The Bertz CT molecular complexity index is 761. The molecule has 2 aromatic rings. The summed E-state index contributed by atoms with van der Waals surface area (Å²) in [5, 5.41) is 7.03. The van der Waals surface area contributed by atoms with Gasteiger partial charge in [-0.25, -0.2) is 0 Å². The van der Waals surface area contributed by atoms with Gasteiger partial charge in [0.05, 0.1) is 0 Å². The molecule has 5 nitrogen and oxygen atoms in total. The molecule has 0 unspecified atom stereocenters. The number of aliphatic imine (C=N–C) groups is 1. The van der Waals surface area contributed by atoms with E-state index in [2.05, 4.69) is 68.8 Å². The van der Waals surface area contributed by atoms with Gasteiger partial charge in [-0.05, 0) is 55.9 Å². The maximum Gasteiger partial charge on any atom is 0.191 e. The Morgan fingerprint density at radius 1 is 1.14 bits per heavy atom. The van der Waals surface area contributed by atoms with Gasteiger partial charge in [0.1, 0.15) is 0 Å². The maximum atomic E-state index is 4.39. The van der Waals surface area contributed by atoms with Crippen molar-refractivity contribution in [1.29, 1.82) is 0 Å². The minimum atomic E-state index is 0.486. The molecule has 0 amide bonds. The second kappa shape index (κ2) is 10.2. The Morgan fingerprint density at radius 2 is 1.93 bits per heavy atom. The summed E-state index contributed by atoms with van der Waals surface area (Å²) in [6, 6.07) is 13.4. The quantitative estimate of drug-likeness (QED) is 0.598. The van der Waals surface area contributed by atoms with E-state index in [1.807, 2.05) is 20.2 Å². The highest BCUT2D eigenvalue weighted by atomic mass is 15.2. The third-order valence-electron chi connectivity index (χ3n) is 5.49. The van der Waals surface area contributed by atoms with Crippen molar-refractivity contribution >= 4 is 5.96 Å². The molecular formula is C23H33N5. The van der Waals surface area contributed by atoms with Crippen LogP contribution in [0.3, 0.4) is 0 Å². The summed E-state index contributed by atoms with van der Waals surface area (Å²) in [4.78, 5) is 11.3. The monoisotopic (exact) mass is 379 g/mol. The first-order valence-electron chi connectivity index (χ1n) is 10.3. The molecule has 28 heavy (non-hydrogen) atoms. The van der Waals surface area contributed by atoms with E-state index in [-0.39, 0.29) is 0 Å². The van der Waals surface area contributed by atoms with Gasteiger partial charge >= 0.3 is 0 Å². The molecule has 1 saturated heterocycles. The molecule has 2 N–H and O–H groups in total. The van der Waals surface area contributed by atoms with Crippen LogP contribution >= 0.6 is 0 Å². The van der Waals surface area contributed by atoms with Crippen LogP contribution in [0.15, 0.2) is 47.6 Å². The molecule has 0 radical (unpaired) electrons. The zero-order valence-electron chi connectivity index (χ0n) is 17.4. The van der Waals surface area contributed by atoms with Crippen LogP contribution in [0.2, 0.25) is 0 Å². The third kappa shape index (κ3) is 6.06. The Balaban J connectivity index is 1.39. The lowest BCUT2D eigenvalue weighted by Crippen LogP contribution is -2.48. The van der Waals surface area contributed by atoms with Crippen LogP contribution in [0.4, 0.5) is 0 Å². The van der Waals surface area contributed by atoms with Crippen LogP contribution in [0.25, 0.3) is 0 Å². The van der Waals surface area contributed by atoms with E-state index in [4.69, 9.17) is 0 Å². The van der Waals surface area contributed by atoms with Gasteiger partial charge < -0.3 is 10.6 Å². The van der Waals surface area contributed by atoms with Crippen LogP contribution in [0, 0.1) is 13.8 Å². The van der Waals surface area contributed by atoms with E-state index in [1.54, 1.807) is 0 Å². The van der Waals surface area contributed by atoms with E-state index in [0.29, 0.717) is 6.04 Å². The number of benzene rings is 1.